The number of aliphatic carboxylic acids is 1. The Morgan fingerprint density at radius 1 is 0.943 bits per heavy atom. The molecule has 6 nitrogen and oxygen atoms in total. The molecule has 1 N–H and O–H groups in total. The van der Waals surface area contributed by atoms with Crippen LogP contribution in [0.1, 0.15) is 24.0 Å². The molecule has 0 saturated heterocycles. The van der Waals surface area contributed by atoms with Crippen LogP contribution in [0.5, 0.6) is 0 Å². The summed E-state index contributed by atoms with van der Waals surface area (Å²) in [4.78, 5) is 18.0. The molecule has 0 amide bonds. The molecule has 1 aromatic heterocycles. The molecule has 0 unspecified atom stereocenters. The highest BCUT2D eigenvalue weighted by Gasteiger charge is 2.39. The standard InChI is InChI=1S/C27H22FN3O3.ClH/c28-24-13-18(8-9-23(24)16-4-2-1-3-5-16)26-29-25(30-34-26)17-6-7-19-14-31(15-21(19)10-17)22-11-20(12-22)27(32)33;/h1-10,13,20,22H,11-12,14-15H2,(H,32,33);1H. The fraction of sp³-hybridized carbons (Fsp3) is 0.222. The van der Waals surface area contributed by atoms with Gasteiger partial charge in [-0.1, -0.05) is 53.7 Å². The molecule has 0 spiro atoms. The molecule has 3 aromatic carbocycles. The maximum Gasteiger partial charge on any atom is 0.306 e. The van der Waals surface area contributed by atoms with E-state index in [1.807, 2.05) is 36.4 Å². The zero-order valence-electron chi connectivity index (χ0n) is 18.7. The van der Waals surface area contributed by atoms with Gasteiger partial charge in [0.25, 0.3) is 5.89 Å². The SMILES string of the molecule is Cl.O=C(O)C1CC(N2Cc3ccc(-c4noc(-c5ccc(-c6ccccc6)c(F)c5)n4)cc3C2)C1. The molecular weight excluding hydrogens is 469 g/mol. The number of hydrogen-bond donors (Lipinski definition) is 1. The van der Waals surface area contributed by atoms with Crippen LogP contribution >= 0.6 is 12.4 Å². The van der Waals surface area contributed by atoms with E-state index in [1.165, 1.54) is 17.2 Å². The van der Waals surface area contributed by atoms with Crippen LogP contribution < -0.4 is 0 Å². The van der Waals surface area contributed by atoms with E-state index >= 15 is 0 Å². The van der Waals surface area contributed by atoms with Crippen molar-refractivity contribution in [2.45, 2.75) is 32.0 Å². The summed E-state index contributed by atoms with van der Waals surface area (Å²) in [5.74, 6) is -0.531. The molecule has 0 atom stereocenters. The Bertz CT molecular complexity index is 1390. The normalized spacial score (nSPS) is 19.0. The average molecular weight is 492 g/mol. The van der Waals surface area contributed by atoms with E-state index in [-0.39, 0.29) is 30.0 Å². The van der Waals surface area contributed by atoms with Crippen molar-refractivity contribution in [1.82, 2.24) is 15.0 Å². The van der Waals surface area contributed by atoms with Crippen molar-refractivity contribution in [3.63, 3.8) is 0 Å². The summed E-state index contributed by atoms with van der Waals surface area (Å²) in [7, 11) is 0. The lowest BCUT2D eigenvalue weighted by molar-refractivity contribution is -0.147. The molecule has 0 bridgehead atoms. The van der Waals surface area contributed by atoms with E-state index in [9.17, 15) is 9.18 Å². The van der Waals surface area contributed by atoms with E-state index in [2.05, 4.69) is 27.2 Å². The number of carboxylic acid groups (broad SMARTS) is 1. The Kier molecular flexibility index (Phi) is 6.13. The van der Waals surface area contributed by atoms with Gasteiger partial charge in [0.1, 0.15) is 5.82 Å². The molecule has 1 saturated carbocycles. The molecule has 1 aliphatic heterocycles. The number of rotatable bonds is 5. The highest BCUT2D eigenvalue weighted by molar-refractivity contribution is 5.85. The monoisotopic (exact) mass is 491 g/mol. The summed E-state index contributed by atoms with van der Waals surface area (Å²) < 4.78 is 20.2. The lowest BCUT2D eigenvalue weighted by atomic mass is 9.79. The fourth-order valence-corrected chi connectivity index (χ4v) is 4.86. The molecule has 1 fully saturated rings. The van der Waals surface area contributed by atoms with Gasteiger partial charge < -0.3 is 9.63 Å². The number of carboxylic acids is 1. The van der Waals surface area contributed by atoms with Crippen LogP contribution in [-0.4, -0.2) is 32.2 Å². The Balaban J connectivity index is 0.00000253. The topological polar surface area (TPSA) is 79.5 Å². The first-order valence-corrected chi connectivity index (χ1v) is 11.3. The second-order valence-corrected chi connectivity index (χ2v) is 9.03. The molecule has 1 aliphatic carbocycles. The third kappa shape index (κ3) is 4.33. The van der Waals surface area contributed by atoms with Gasteiger partial charge in [0.15, 0.2) is 0 Å². The van der Waals surface area contributed by atoms with Gasteiger partial charge in [0, 0.05) is 35.8 Å². The summed E-state index contributed by atoms with van der Waals surface area (Å²) >= 11 is 0. The van der Waals surface area contributed by atoms with Crippen molar-refractivity contribution in [3.8, 4) is 34.0 Å². The fourth-order valence-electron chi connectivity index (χ4n) is 4.86. The Morgan fingerprint density at radius 2 is 1.69 bits per heavy atom. The van der Waals surface area contributed by atoms with Crippen molar-refractivity contribution < 1.29 is 18.8 Å². The second kappa shape index (κ2) is 9.24. The number of fused-ring (bicyclic) bond motifs is 1. The number of hydrogen-bond acceptors (Lipinski definition) is 5. The third-order valence-electron chi connectivity index (χ3n) is 6.92. The minimum atomic E-state index is -0.697. The quantitative estimate of drug-likeness (QED) is 0.379. The zero-order valence-corrected chi connectivity index (χ0v) is 19.5. The highest BCUT2D eigenvalue weighted by atomic mass is 35.5. The Hall–Kier alpha value is -3.55. The van der Waals surface area contributed by atoms with Crippen molar-refractivity contribution in [1.29, 1.82) is 0 Å². The molecule has 6 rings (SSSR count). The summed E-state index contributed by atoms with van der Waals surface area (Å²) in [6.07, 6.45) is 1.42. The Morgan fingerprint density at radius 3 is 2.43 bits per heavy atom. The van der Waals surface area contributed by atoms with E-state index in [0.717, 1.165) is 24.2 Å². The third-order valence-corrected chi connectivity index (χ3v) is 6.92. The highest BCUT2D eigenvalue weighted by Crippen LogP contribution is 2.38. The molecule has 8 heteroatoms. The number of benzene rings is 3. The average Bonchev–Trinajstić information content (AvgIpc) is 3.45. The van der Waals surface area contributed by atoms with Crippen LogP contribution in [-0.2, 0) is 17.9 Å². The van der Waals surface area contributed by atoms with Crippen LogP contribution in [0.15, 0.2) is 71.3 Å². The lowest BCUT2D eigenvalue weighted by Crippen LogP contribution is -2.44. The summed E-state index contributed by atoms with van der Waals surface area (Å²) in [6, 6.07) is 20.7. The van der Waals surface area contributed by atoms with Gasteiger partial charge in [-0.3, -0.25) is 9.69 Å². The van der Waals surface area contributed by atoms with Crippen molar-refractivity contribution in [3.05, 3.63) is 83.7 Å². The van der Waals surface area contributed by atoms with Crippen LogP contribution in [0.3, 0.4) is 0 Å². The van der Waals surface area contributed by atoms with Crippen LogP contribution in [0, 0.1) is 11.7 Å². The molecule has 0 radical (unpaired) electrons. The number of nitrogens with zero attached hydrogens (tertiary/aromatic N) is 3. The Labute approximate surface area is 207 Å². The molecule has 2 aliphatic rings. The summed E-state index contributed by atoms with van der Waals surface area (Å²) in [5.41, 5.74) is 5.14. The van der Waals surface area contributed by atoms with E-state index < -0.39 is 5.97 Å². The van der Waals surface area contributed by atoms with Crippen molar-refractivity contribution >= 4 is 18.4 Å². The van der Waals surface area contributed by atoms with E-state index in [0.29, 0.717) is 35.8 Å². The number of halogens is 2. The number of carbonyl (C=O) groups is 1. The predicted molar refractivity (Wildman–Crippen MR) is 131 cm³/mol. The molecular formula is C27H23ClFN3O3. The van der Waals surface area contributed by atoms with Crippen LogP contribution in [0.4, 0.5) is 4.39 Å². The maximum absolute atomic E-state index is 14.8. The summed E-state index contributed by atoms with van der Waals surface area (Å²) in [6.45, 7) is 1.62. The van der Waals surface area contributed by atoms with Crippen LogP contribution in [0.25, 0.3) is 34.0 Å². The summed E-state index contributed by atoms with van der Waals surface area (Å²) in [5, 5.41) is 13.3. The largest absolute Gasteiger partial charge is 0.481 e. The number of aromatic nitrogens is 2. The van der Waals surface area contributed by atoms with Gasteiger partial charge >= 0.3 is 5.97 Å². The zero-order chi connectivity index (χ0) is 23.2. The molecule has 35 heavy (non-hydrogen) atoms. The minimum absolute atomic E-state index is 0. The van der Waals surface area contributed by atoms with Crippen molar-refractivity contribution in [2.75, 3.05) is 0 Å². The molecule has 4 aromatic rings. The van der Waals surface area contributed by atoms with Gasteiger partial charge in [-0.2, -0.15) is 4.98 Å². The second-order valence-electron chi connectivity index (χ2n) is 9.03. The van der Waals surface area contributed by atoms with Gasteiger partial charge in [-0.25, -0.2) is 4.39 Å². The molecule has 2 heterocycles. The molecule has 178 valence electrons. The van der Waals surface area contributed by atoms with E-state index in [4.69, 9.17) is 9.63 Å². The van der Waals surface area contributed by atoms with Crippen LogP contribution in [0.2, 0.25) is 0 Å². The van der Waals surface area contributed by atoms with Gasteiger partial charge in [-0.05, 0) is 47.7 Å². The first-order valence-electron chi connectivity index (χ1n) is 11.3. The van der Waals surface area contributed by atoms with Gasteiger partial charge in [-0.15, -0.1) is 12.4 Å². The maximum atomic E-state index is 14.8. The smallest absolute Gasteiger partial charge is 0.306 e. The first kappa shape index (κ1) is 23.2. The minimum Gasteiger partial charge on any atom is -0.481 e. The first-order chi connectivity index (χ1) is 16.5. The lowest BCUT2D eigenvalue weighted by Gasteiger charge is -2.39. The predicted octanol–water partition coefficient (Wildman–Crippen LogP) is 5.81. The van der Waals surface area contributed by atoms with Crippen molar-refractivity contribution in [2.24, 2.45) is 5.92 Å². The van der Waals surface area contributed by atoms with Gasteiger partial charge in [0.05, 0.1) is 5.92 Å². The van der Waals surface area contributed by atoms with E-state index in [1.54, 1.807) is 12.1 Å². The van der Waals surface area contributed by atoms with Gasteiger partial charge in [0.2, 0.25) is 5.82 Å².